The molecule has 132 valence electrons. The quantitative estimate of drug-likeness (QED) is 0.438. The molecule has 0 aromatic rings. The SMILES string of the molecule is C[S+](CC(=O)C1CCCC1)C(C)(C)C.O=S(=O)([O-])C(F)(F)F. The Morgan fingerprint density at radius 1 is 1.18 bits per heavy atom. The minimum absolute atomic E-state index is 0.237. The fourth-order valence-electron chi connectivity index (χ4n) is 1.80. The lowest BCUT2D eigenvalue weighted by Crippen LogP contribution is -2.34. The zero-order valence-electron chi connectivity index (χ0n) is 13.2. The van der Waals surface area contributed by atoms with Gasteiger partial charge in [0.05, 0.1) is 6.26 Å². The molecule has 1 aliphatic rings. The molecule has 0 N–H and O–H groups in total. The number of carbonyl (C=O) groups excluding carboxylic acids is 1. The fourth-order valence-corrected chi connectivity index (χ4v) is 2.89. The maximum absolute atomic E-state index is 11.9. The maximum atomic E-state index is 11.9. The number of Topliss-reactive ketones (excluding diaryl/α,β-unsaturated/α-hetero) is 1. The third-order valence-corrected chi connectivity index (χ3v) is 6.87. The Kier molecular flexibility index (Phi) is 7.91. The fraction of sp³-hybridized carbons (Fsp3) is 0.923. The highest BCUT2D eigenvalue weighted by atomic mass is 32.2. The Bertz CT molecular complexity index is 461. The summed E-state index contributed by atoms with van der Waals surface area (Å²) in [5.41, 5.74) is -5.65. The van der Waals surface area contributed by atoms with Crippen molar-refractivity contribution in [3.8, 4) is 0 Å². The third kappa shape index (κ3) is 7.82. The lowest BCUT2D eigenvalue weighted by atomic mass is 10.0. The van der Waals surface area contributed by atoms with E-state index in [9.17, 15) is 18.0 Å². The lowest BCUT2D eigenvalue weighted by Gasteiger charge is -2.18. The molecular formula is C13H23F3O4S2. The Morgan fingerprint density at radius 3 is 1.82 bits per heavy atom. The molecule has 1 atom stereocenters. The normalized spacial score (nSPS) is 18.5. The van der Waals surface area contributed by atoms with Gasteiger partial charge in [0.15, 0.2) is 21.7 Å². The molecule has 1 saturated carbocycles. The summed E-state index contributed by atoms with van der Waals surface area (Å²) in [6.45, 7) is 6.70. The minimum atomic E-state index is -6.09. The monoisotopic (exact) mass is 364 g/mol. The van der Waals surface area contributed by atoms with Gasteiger partial charge in [-0.1, -0.05) is 12.8 Å². The molecule has 0 aromatic heterocycles. The molecule has 0 radical (unpaired) electrons. The van der Waals surface area contributed by atoms with Crippen molar-refractivity contribution >= 4 is 26.8 Å². The van der Waals surface area contributed by atoms with E-state index in [1.165, 1.54) is 12.8 Å². The third-order valence-electron chi connectivity index (χ3n) is 3.50. The van der Waals surface area contributed by atoms with Crippen molar-refractivity contribution in [1.82, 2.24) is 0 Å². The van der Waals surface area contributed by atoms with E-state index in [2.05, 4.69) is 27.0 Å². The molecule has 0 bridgehead atoms. The summed E-state index contributed by atoms with van der Waals surface area (Å²) >= 11 is 0. The Labute approximate surface area is 132 Å². The van der Waals surface area contributed by atoms with Gasteiger partial charge in [-0.15, -0.1) is 0 Å². The van der Waals surface area contributed by atoms with Crippen LogP contribution in [0, 0.1) is 5.92 Å². The molecule has 1 rings (SSSR count). The van der Waals surface area contributed by atoms with Crippen LogP contribution in [0.4, 0.5) is 13.2 Å². The number of halogens is 3. The average Bonchev–Trinajstić information content (AvgIpc) is 2.78. The van der Waals surface area contributed by atoms with E-state index in [0.717, 1.165) is 18.6 Å². The van der Waals surface area contributed by atoms with Crippen LogP contribution in [0.25, 0.3) is 0 Å². The first-order valence-corrected chi connectivity index (χ1v) is 10.0. The first kappa shape index (κ1) is 21.7. The smallest absolute Gasteiger partial charge is 0.485 e. The number of hydrogen-bond acceptors (Lipinski definition) is 4. The van der Waals surface area contributed by atoms with Gasteiger partial charge in [-0.3, -0.25) is 4.79 Å². The number of alkyl halides is 3. The Balaban J connectivity index is 0.000000472. The van der Waals surface area contributed by atoms with Crippen LogP contribution >= 0.6 is 0 Å². The van der Waals surface area contributed by atoms with Crippen molar-refractivity contribution in [2.24, 2.45) is 5.92 Å². The molecule has 0 heterocycles. The van der Waals surface area contributed by atoms with E-state index in [0.29, 0.717) is 16.4 Å². The summed E-state index contributed by atoms with van der Waals surface area (Å²) < 4.78 is 59.2. The molecule has 22 heavy (non-hydrogen) atoms. The van der Waals surface area contributed by atoms with E-state index in [1.807, 2.05) is 0 Å². The first-order valence-electron chi connectivity index (χ1n) is 6.83. The molecule has 0 spiro atoms. The van der Waals surface area contributed by atoms with E-state index < -0.39 is 15.6 Å². The van der Waals surface area contributed by atoms with Crippen molar-refractivity contribution in [2.45, 2.75) is 56.7 Å². The van der Waals surface area contributed by atoms with Crippen molar-refractivity contribution < 1.29 is 30.9 Å². The number of hydrogen-bond donors (Lipinski definition) is 0. The molecule has 0 amide bonds. The summed E-state index contributed by atoms with van der Waals surface area (Å²) in [6.07, 6.45) is 7.07. The summed E-state index contributed by atoms with van der Waals surface area (Å²) in [4.78, 5) is 11.9. The van der Waals surface area contributed by atoms with Crippen LogP contribution in [0.2, 0.25) is 0 Å². The molecule has 0 aromatic carbocycles. The van der Waals surface area contributed by atoms with Crippen molar-refractivity contribution in [1.29, 1.82) is 0 Å². The van der Waals surface area contributed by atoms with Gasteiger partial charge in [-0.2, -0.15) is 13.2 Å². The molecular weight excluding hydrogens is 341 g/mol. The summed E-state index contributed by atoms with van der Waals surface area (Å²) in [5, 5.41) is 0. The van der Waals surface area contributed by atoms with Crippen LogP contribution in [-0.4, -0.2) is 41.0 Å². The van der Waals surface area contributed by atoms with Gasteiger partial charge < -0.3 is 4.55 Å². The van der Waals surface area contributed by atoms with Gasteiger partial charge in [0.1, 0.15) is 4.75 Å². The van der Waals surface area contributed by atoms with Crippen LogP contribution in [-0.2, 0) is 25.8 Å². The van der Waals surface area contributed by atoms with Gasteiger partial charge in [0, 0.05) is 5.92 Å². The highest BCUT2D eigenvalue weighted by molar-refractivity contribution is 7.98. The van der Waals surface area contributed by atoms with Crippen LogP contribution in [0.1, 0.15) is 46.5 Å². The van der Waals surface area contributed by atoms with E-state index >= 15 is 0 Å². The molecule has 4 nitrogen and oxygen atoms in total. The zero-order chi connectivity index (χ0) is 17.8. The van der Waals surface area contributed by atoms with Crippen LogP contribution in [0.5, 0.6) is 0 Å². The molecule has 0 saturated heterocycles. The second-order valence-electron chi connectivity index (χ2n) is 6.24. The average molecular weight is 364 g/mol. The molecule has 0 aliphatic heterocycles. The van der Waals surface area contributed by atoms with Crippen molar-refractivity contribution in [3.05, 3.63) is 0 Å². The van der Waals surface area contributed by atoms with Crippen molar-refractivity contribution in [2.75, 3.05) is 12.0 Å². The molecule has 1 aliphatic carbocycles. The Morgan fingerprint density at radius 2 is 1.55 bits per heavy atom. The number of carbonyl (C=O) groups is 1. The second kappa shape index (κ2) is 8.01. The van der Waals surface area contributed by atoms with E-state index in [4.69, 9.17) is 13.0 Å². The van der Waals surface area contributed by atoms with Gasteiger partial charge in [0.2, 0.25) is 0 Å². The predicted molar refractivity (Wildman–Crippen MR) is 80.6 cm³/mol. The predicted octanol–water partition coefficient (Wildman–Crippen LogP) is 2.84. The van der Waals surface area contributed by atoms with Gasteiger partial charge in [0.25, 0.3) is 0 Å². The lowest BCUT2D eigenvalue weighted by molar-refractivity contribution is -0.120. The van der Waals surface area contributed by atoms with Gasteiger partial charge in [-0.25, -0.2) is 8.42 Å². The Hall–Kier alpha value is -0.280. The van der Waals surface area contributed by atoms with Crippen molar-refractivity contribution in [3.63, 3.8) is 0 Å². The molecule has 1 fully saturated rings. The van der Waals surface area contributed by atoms with E-state index in [-0.39, 0.29) is 10.9 Å². The van der Waals surface area contributed by atoms with Crippen LogP contribution in [0.3, 0.4) is 0 Å². The highest BCUT2D eigenvalue weighted by Crippen LogP contribution is 2.27. The summed E-state index contributed by atoms with van der Waals surface area (Å²) in [5.74, 6) is 1.75. The molecule has 1 unspecified atom stereocenters. The van der Waals surface area contributed by atoms with Gasteiger partial charge in [-0.05, 0) is 44.5 Å². The highest BCUT2D eigenvalue weighted by Gasteiger charge is 2.37. The molecule has 9 heteroatoms. The number of rotatable bonds is 3. The maximum Gasteiger partial charge on any atom is 0.485 e. The van der Waals surface area contributed by atoms with Gasteiger partial charge >= 0.3 is 5.51 Å². The first-order chi connectivity index (χ1) is 9.66. The minimum Gasteiger partial charge on any atom is -0.741 e. The number of ketones is 1. The topological polar surface area (TPSA) is 74.3 Å². The van der Waals surface area contributed by atoms with E-state index in [1.54, 1.807) is 0 Å². The van der Waals surface area contributed by atoms with Crippen LogP contribution in [0.15, 0.2) is 0 Å². The van der Waals surface area contributed by atoms with Crippen LogP contribution < -0.4 is 0 Å². The largest absolute Gasteiger partial charge is 0.741 e. The standard InChI is InChI=1S/C12H23OS.CHF3O3S/c1-12(2,3)14(4)9-11(13)10-7-5-6-8-10;2-1(3,4)8(5,6)7/h10H,5-9H2,1-4H3;(H,5,6,7)/q+1;/p-1. The summed E-state index contributed by atoms with van der Waals surface area (Å²) in [7, 11) is -5.85. The second-order valence-corrected chi connectivity index (χ2v) is 10.4. The zero-order valence-corrected chi connectivity index (χ0v) is 14.8. The summed E-state index contributed by atoms with van der Waals surface area (Å²) in [6, 6.07) is 0.